The van der Waals surface area contributed by atoms with Gasteiger partial charge in [0.1, 0.15) is 0 Å². The van der Waals surface area contributed by atoms with Gasteiger partial charge in [-0.1, -0.05) is 169 Å². The molecule has 0 saturated heterocycles. The normalized spacial score (nSPS) is 10.1. The molecule has 0 saturated carbocycles. The largest absolute Gasteiger partial charge is 0.0622 e. The Morgan fingerprint density at radius 3 is 0.463 bits per heavy atom. The molecule has 8 aromatic rings. The molecule has 8 aromatic carbocycles. The topological polar surface area (TPSA) is 0 Å². The maximum atomic E-state index is 3.32. The summed E-state index contributed by atoms with van der Waals surface area (Å²) in [6.07, 6.45) is 0. The Kier molecular flexibility index (Phi) is 10.1. The Morgan fingerprint density at radius 2 is 0.296 bits per heavy atom. The lowest BCUT2D eigenvalue weighted by Gasteiger charge is -2.03. The fraction of sp³-hybridized carbons (Fsp3) is 0. The quantitative estimate of drug-likeness (QED) is 0.162. The van der Waals surface area contributed by atoms with Gasteiger partial charge in [-0.15, -0.1) is 0 Å². The maximum Gasteiger partial charge on any atom is 0.0249 e. The van der Waals surface area contributed by atoms with E-state index < -0.39 is 0 Å². The lowest BCUT2D eigenvalue weighted by Crippen LogP contribution is -1.82. The third-order valence-electron chi connectivity index (χ3n) is 9.24. The van der Waals surface area contributed by atoms with Gasteiger partial charge in [0.15, 0.2) is 0 Å². The standard InChI is InChI=1S/C54H34/c1-3-7-47(8-4-1)49-29-17-41(18-30-49)11-13-43-21-33-51(34-22-43)53-37-25-45(26-38-53)15-16-46-27-39-54(40-28-46)52-35-23-44(24-36-52)14-12-42-19-31-50(32-20-42)48-9-5-2-6-10-48/h1-10,17-40H. The lowest BCUT2D eigenvalue weighted by molar-refractivity contribution is 1.56. The third kappa shape index (κ3) is 8.48. The van der Waals surface area contributed by atoms with Crippen LogP contribution in [0.5, 0.6) is 0 Å². The first-order chi connectivity index (χ1) is 26.7. The van der Waals surface area contributed by atoms with E-state index in [1.54, 1.807) is 0 Å². The van der Waals surface area contributed by atoms with Gasteiger partial charge in [0, 0.05) is 33.4 Å². The number of hydrogen-bond acceptors (Lipinski definition) is 0. The summed E-state index contributed by atoms with van der Waals surface area (Å²) in [5, 5.41) is 0. The van der Waals surface area contributed by atoms with Crippen molar-refractivity contribution < 1.29 is 0 Å². The van der Waals surface area contributed by atoms with E-state index in [9.17, 15) is 0 Å². The van der Waals surface area contributed by atoms with E-state index in [2.05, 4.69) is 230 Å². The summed E-state index contributed by atoms with van der Waals surface area (Å²) < 4.78 is 0. The molecule has 0 aliphatic heterocycles. The zero-order valence-electron chi connectivity index (χ0n) is 29.6. The SMILES string of the molecule is C(#Cc1ccc(-c2ccc(C#Cc3ccc(-c4ccc(C#Cc5ccc(-c6ccccc6)cc5)cc4)cc3)cc2)cc1)c1ccc(-c2ccccc2)cc1. The highest BCUT2D eigenvalue weighted by Gasteiger charge is 2.01. The number of hydrogen-bond donors (Lipinski definition) is 0. The summed E-state index contributed by atoms with van der Waals surface area (Å²) >= 11 is 0. The van der Waals surface area contributed by atoms with E-state index in [0.717, 1.165) is 55.6 Å². The zero-order valence-corrected chi connectivity index (χ0v) is 29.6. The molecule has 0 atom stereocenters. The molecule has 0 radical (unpaired) electrons. The summed E-state index contributed by atoms with van der Waals surface area (Å²) in [6, 6.07) is 71.2. The van der Waals surface area contributed by atoms with Crippen molar-refractivity contribution in [2.24, 2.45) is 0 Å². The van der Waals surface area contributed by atoms with Crippen molar-refractivity contribution in [3.8, 4) is 80.0 Å². The molecular weight excluding hydrogens is 649 g/mol. The van der Waals surface area contributed by atoms with Crippen molar-refractivity contribution in [1.82, 2.24) is 0 Å². The molecule has 0 heterocycles. The molecule has 0 bridgehead atoms. The van der Waals surface area contributed by atoms with Crippen molar-refractivity contribution >= 4 is 0 Å². The predicted molar refractivity (Wildman–Crippen MR) is 225 cm³/mol. The summed E-state index contributed by atoms with van der Waals surface area (Å²) in [5.74, 6) is 19.8. The summed E-state index contributed by atoms with van der Waals surface area (Å²) in [4.78, 5) is 0. The monoisotopic (exact) mass is 682 g/mol. The summed E-state index contributed by atoms with van der Waals surface area (Å²) in [5.41, 5.74) is 15.3. The van der Waals surface area contributed by atoms with E-state index in [1.165, 1.54) is 22.3 Å². The van der Waals surface area contributed by atoms with Gasteiger partial charge < -0.3 is 0 Å². The molecular formula is C54H34. The Morgan fingerprint density at radius 1 is 0.148 bits per heavy atom. The first-order valence-corrected chi connectivity index (χ1v) is 18.0. The van der Waals surface area contributed by atoms with Gasteiger partial charge in [0.25, 0.3) is 0 Å². The van der Waals surface area contributed by atoms with Crippen LogP contribution in [0.4, 0.5) is 0 Å². The average Bonchev–Trinajstić information content (AvgIpc) is 3.26. The van der Waals surface area contributed by atoms with Gasteiger partial charge in [-0.05, 0) is 117 Å². The highest BCUT2D eigenvalue weighted by molar-refractivity contribution is 5.69. The highest BCUT2D eigenvalue weighted by atomic mass is 14.1. The Balaban J connectivity index is 0.854. The van der Waals surface area contributed by atoms with E-state index in [4.69, 9.17) is 0 Å². The van der Waals surface area contributed by atoms with Crippen LogP contribution in [0.2, 0.25) is 0 Å². The summed E-state index contributed by atoms with van der Waals surface area (Å²) in [6.45, 7) is 0. The Hall–Kier alpha value is -7.56. The third-order valence-corrected chi connectivity index (χ3v) is 9.24. The minimum absolute atomic E-state index is 0.979. The minimum Gasteiger partial charge on any atom is -0.0622 e. The van der Waals surface area contributed by atoms with Crippen molar-refractivity contribution in [2.75, 3.05) is 0 Å². The average molecular weight is 683 g/mol. The van der Waals surface area contributed by atoms with E-state index >= 15 is 0 Å². The van der Waals surface area contributed by atoms with Crippen LogP contribution >= 0.6 is 0 Å². The molecule has 0 N–H and O–H groups in total. The van der Waals surface area contributed by atoms with E-state index in [-0.39, 0.29) is 0 Å². The second-order valence-corrected chi connectivity index (χ2v) is 12.9. The number of benzene rings is 8. The molecule has 0 nitrogen and oxygen atoms in total. The molecule has 54 heavy (non-hydrogen) atoms. The van der Waals surface area contributed by atoms with Crippen LogP contribution in [0.3, 0.4) is 0 Å². The second-order valence-electron chi connectivity index (χ2n) is 12.9. The van der Waals surface area contributed by atoms with Crippen molar-refractivity contribution in [2.45, 2.75) is 0 Å². The minimum atomic E-state index is 0.979. The van der Waals surface area contributed by atoms with Crippen molar-refractivity contribution in [3.63, 3.8) is 0 Å². The first kappa shape index (κ1) is 33.6. The zero-order chi connectivity index (χ0) is 36.4. The molecule has 0 fully saturated rings. The van der Waals surface area contributed by atoms with Crippen LogP contribution in [0, 0.1) is 35.5 Å². The number of rotatable bonds is 4. The van der Waals surface area contributed by atoms with Crippen molar-refractivity contribution in [3.05, 3.63) is 240 Å². The molecule has 0 aromatic heterocycles. The Labute approximate surface area is 318 Å². The van der Waals surface area contributed by atoms with Crippen LogP contribution < -0.4 is 0 Å². The fourth-order valence-electron chi connectivity index (χ4n) is 6.17. The highest BCUT2D eigenvalue weighted by Crippen LogP contribution is 2.23. The van der Waals surface area contributed by atoms with Gasteiger partial charge in [0.05, 0.1) is 0 Å². The van der Waals surface area contributed by atoms with Crippen LogP contribution in [0.25, 0.3) is 44.5 Å². The maximum absolute atomic E-state index is 3.32. The second kappa shape index (κ2) is 16.2. The van der Waals surface area contributed by atoms with E-state index in [1.807, 2.05) is 12.1 Å². The fourth-order valence-corrected chi connectivity index (χ4v) is 6.17. The first-order valence-electron chi connectivity index (χ1n) is 18.0. The van der Waals surface area contributed by atoms with Crippen LogP contribution in [-0.2, 0) is 0 Å². The smallest absolute Gasteiger partial charge is 0.0249 e. The molecule has 0 aliphatic carbocycles. The van der Waals surface area contributed by atoms with Gasteiger partial charge in [0.2, 0.25) is 0 Å². The molecule has 8 rings (SSSR count). The molecule has 0 unspecified atom stereocenters. The van der Waals surface area contributed by atoms with Crippen LogP contribution in [0.1, 0.15) is 33.4 Å². The molecule has 0 aliphatic rings. The summed E-state index contributed by atoms with van der Waals surface area (Å²) in [7, 11) is 0. The molecule has 0 heteroatoms. The van der Waals surface area contributed by atoms with Gasteiger partial charge in [-0.2, -0.15) is 0 Å². The van der Waals surface area contributed by atoms with Gasteiger partial charge in [-0.3, -0.25) is 0 Å². The Bertz CT molecular complexity index is 2470. The van der Waals surface area contributed by atoms with Crippen LogP contribution in [-0.4, -0.2) is 0 Å². The van der Waals surface area contributed by atoms with Gasteiger partial charge in [-0.25, -0.2) is 0 Å². The lowest BCUT2D eigenvalue weighted by atomic mass is 10.0. The van der Waals surface area contributed by atoms with Crippen LogP contribution in [0.15, 0.2) is 206 Å². The van der Waals surface area contributed by atoms with Crippen molar-refractivity contribution in [1.29, 1.82) is 0 Å². The molecule has 250 valence electrons. The molecule has 0 spiro atoms. The van der Waals surface area contributed by atoms with E-state index in [0.29, 0.717) is 0 Å². The molecule has 0 amide bonds. The van der Waals surface area contributed by atoms with Gasteiger partial charge >= 0.3 is 0 Å². The predicted octanol–water partition coefficient (Wildman–Crippen LogP) is 12.6.